The normalized spacial score (nSPS) is 28.0. The highest BCUT2D eigenvalue weighted by molar-refractivity contribution is 5.84. The molecule has 0 bridgehead atoms. The molecule has 2 atom stereocenters. The summed E-state index contributed by atoms with van der Waals surface area (Å²) in [6.45, 7) is 9.61. The lowest BCUT2D eigenvalue weighted by atomic mass is 9.76. The molecule has 0 radical (unpaired) electrons. The van der Waals surface area contributed by atoms with E-state index in [9.17, 15) is 9.59 Å². The van der Waals surface area contributed by atoms with Crippen molar-refractivity contribution in [1.82, 2.24) is 0 Å². The monoisotopic (exact) mass is 240 g/mol. The van der Waals surface area contributed by atoms with Crippen LogP contribution in [-0.2, 0) is 19.1 Å². The molecule has 0 amide bonds. The summed E-state index contributed by atoms with van der Waals surface area (Å²) in [7, 11) is 0. The first-order chi connectivity index (χ1) is 7.97. The average molecular weight is 240 g/mol. The fraction of sp³-hybridized carbons (Fsp3) is 0.692. The van der Waals surface area contributed by atoms with Crippen LogP contribution in [0.25, 0.3) is 0 Å². The Hall–Kier alpha value is -1.32. The van der Waals surface area contributed by atoms with E-state index in [1.165, 1.54) is 0 Å². The second-order valence-corrected chi connectivity index (χ2v) is 4.59. The Morgan fingerprint density at radius 2 is 2.35 bits per heavy atom. The molecular weight excluding hydrogens is 220 g/mol. The molecule has 1 aliphatic heterocycles. The molecular formula is C13H20O4. The van der Waals surface area contributed by atoms with Crippen LogP contribution >= 0.6 is 0 Å². The van der Waals surface area contributed by atoms with Crippen LogP contribution in [-0.4, -0.2) is 24.1 Å². The van der Waals surface area contributed by atoms with Crippen molar-refractivity contribution in [3.8, 4) is 0 Å². The fourth-order valence-electron chi connectivity index (χ4n) is 2.36. The number of hydrogen-bond donors (Lipinski definition) is 0. The third-order valence-corrected chi connectivity index (χ3v) is 3.28. The molecule has 4 heteroatoms. The first kappa shape index (κ1) is 13.7. The van der Waals surface area contributed by atoms with Gasteiger partial charge in [-0.3, -0.25) is 9.59 Å². The molecule has 0 aromatic rings. The molecule has 0 aromatic heterocycles. The predicted octanol–water partition coefficient (Wildman–Crippen LogP) is 2.08. The van der Waals surface area contributed by atoms with E-state index in [1.54, 1.807) is 13.0 Å². The third kappa shape index (κ3) is 2.51. The van der Waals surface area contributed by atoms with Gasteiger partial charge in [0.1, 0.15) is 11.5 Å². The summed E-state index contributed by atoms with van der Waals surface area (Å²) in [6, 6.07) is 0. The second-order valence-electron chi connectivity index (χ2n) is 4.59. The zero-order valence-electron chi connectivity index (χ0n) is 10.7. The van der Waals surface area contributed by atoms with E-state index in [0.717, 1.165) is 0 Å². The van der Waals surface area contributed by atoms with Gasteiger partial charge in [-0.1, -0.05) is 19.9 Å². The Balaban J connectivity index is 3.02. The minimum atomic E-state index is -0.787. The Morgan fingerprint density at radius 3 is 2.82 bits per heavy atom. The summed E-state index contributed by atoms with van der Waals surface area (Å²) < 4.78 is 10.4. The van der Waals surface area contributed by atoms with E-state index < -0.39 is 11.5 Å². The lowest BCUT2D eigenvalue weighted by molar-refractivity contribution is -0.162. The quantitative estimate of drug-likeness (QED) is 0.545. The number of hydrogen-bond acceptors (Lipinski definition) is 4. The topological polar surface area (TPSA) is 52.6 Å². The third-order valence-electron chi connectivity index (χ3n) is 3.28. The molecule has 1 fully saturated rings. The van der Waals surface area contributed by atoms with Crippen LogP contribution < -0.4 is 0 Å². The minimum Gasteiger partial charge on any atom is -0.466 e. The van der Waals surface area contributed by atoms with Crippen molar-refractivity contribution in [2.75, 3.05) is 6.61 Å². The number of rotatable bonds is 5. The lowest BCUT2D eigenvalue weighted by Gasteiger charge is -2.35. The number of carbonyl (C=O) groups is 2. The molecule has 1 heterocycles. The summed E-state index contributed by atoms with van der Waals surface area (Å²) in [5, 5.41) is 0. The second kappa shape index (κ2) is 5.34. The molecule has 1 rings (SSSR count). The highest BCUT2D eigenvalue weighted by Crippen LogP contribution is 2.42. The van der Waals surface area contributed by atoms with Crippen molar-refractivity contribution in [2.24, 2.45) is 11.8 Å². The summed E-state index contributed by atoms with van der Waals surface area (Å²) in [5.41, 5.74) is -0.787. The maximum atomic E-state index is 11.9. The maximum Gasteiger partial charge on any atom is 0.313 e. The highest BCUT2D eigenvalue weighted by Gasteiger charge is 2.54. The van der Waals surface area contributed by atoms with Crippen molar-refractivity contribution in [1.29, 1.82) is 0 Å². The van der Waals surface area contributed by atoms with Crippen molar-refractivity contribution >= 4 is 11.9 Å². The molecule has 0 aliphatic carbocycles. The maximum absolute atomic E-state index is 11.9. The Bertz CT molecular complexity index is 321. The Kier molecular flexibility index (Phi) is 4.32. The summed E-state index contributed by atoms with van der Waals surface area (Å²) >= 11 is 0. The van der Waals surface area contributed by atoms with E-state index in [-0.39, 0.29) is 24.3 Å². The minimum absolute atomic E-state index is 0.0429. The van der Waals surface area contributed by atoms with Gasteiger partial charge in [0, 0.05) is 6.42 Å². The number of carbonyl (C=O) groups excluding carboxylic acids is 2. The van der Waals surface area contributed by atoms with E-state index >= 15 is 0 Å². The van der Waals surface area contributed by atoms with Gasteiger partial charge in [0.05, 0.1) is 13.0 Å². The van der Waals surface area contributed by atoms with Crippen LogP contribution in [0, 0.1) is 11.8 Å². The van der Waals surface area contributed by atoms with Gasteiger partial charge in [-0.15, -0.1) is 6.58 Å². The smallest absolute Gasteiger partial charge is 0.313 e. The van der Waals surface area contributed by atoms with Crippen LogP contribution in [0.15, 0.2) is 12.7 Å². The van der Waals surface area contributed by atoms with Gasteiger partial charge >= 0.3 is 11.9 Å². The number of esters is 2. The molecule has 0 unspecified atom stereocenters. The zero-order chi connectivity index (χ0) is 13.1. The molecule has 17 heavy (non-hydrogen) atoms. The Labute approximate surface area is 102 Å². The van der Waals surface area contributed by atoms with Crippen LogP contribution in [0.3, 0.4) is 0 Å². The van der Waals surface area contributed by atoms with E-state index in [0.29, 0.717) is 13.0 Å². The standard InChI is InChI=1S/C13H20O4/c1-5-7-13(9(3)4)10(8-11(14)17-13)12(15)16-6-2/h5,9-10H,1,6-8H2,2-4H3/t10-,13-/m0/s1. The van der Waals surface area contributed by atoms with Gasteiger partial charge in [-0.05, 0) is 12.8 Å². The molecule has 1 saturated heterocycles. The molecule has 0 aromatic carbocycles. The van der Waals surface area contributed by atoms with E-state index in [2.05, 4.69) is 6.58 Å². The number of cyclic esters (lactones) is 1. The van der Waals surface area contributed by atoms with Crippen molar-refractivity contribution in [3.63, 3.8) is 0 Å². The first-order valence-corrected chi connectivity index (χ1v) is 5.97. The molecule has 0 saturated carbocycles. The molecule has 1 aliphatic rings. The zero-order valence-corrected chi connectivity index (χ0v) is 10.7. The van der Waals surface area contributed by atoms with Gasteiger partial charge in [0.25, 0.3) is 0 Å². The van der Waals surface area contributed by atoms with Gasteiger partial charge in [0.2, 0.25) is 0 Å². The van der Waals surface area contributed by atoms with Crippen molar-refractivity contribution in [2.45, 2.75) is 39.2 Å². The summed E-state index contributed by atoms with van der Waals surface area (Å²) in [4.78, 5) is 23.4. The van der Waals surface area contributed by atoms with Crippen LogP contribution in [0.5, 0.6) is 0 Å². The van der Waals surface area contributed by atoms with E-state index in [4.69, 9.17) is 9.47 Å². The van der Waals surface area contributed by atoms with E-state index in [1.807, 2.05) is 13.8 Å². The van der Waals surface area contributed by atoms with Crippen LogP contribution in [0.4, 0.5) is 0 Å². The van der Waals surface area contributed by atoms with Gasteiger partial charge in [0.15, 0.2) is 0 Å². The molecule has 0 spiro atoms. The van der Waals surface area contributed by atoms with Gasteiger partial charge < -0.3 is 9.47 Å². The highest BCUT2D eigenvalue weighted by atomic mass is 16.6. The Morgan fingerprint density at radius 1 is 1.71 bits per heavy atom. The molecule has 96 valence electrons. The lowest BCUT2D eigenvalue weighted by Crippen LogP contribution is -2.44. The fourth-order valence-corrected chi connectivity index (χ4v) is 2.36. The van der Waals surface area contributed by atoms with Gasteiger partial charge in [-0.2, -0.15) is 0 Å². The largest absolute Gasteiger partial charge is 0.466 e. The van der Waals surface area contributed by atoms with Crippen molar-refractivity contribution in [3.05, 3.63) is 12.7 Å². The predicted molar refractivity (Wildman–Crippen MR) is 63.2 cm³/mol. The first-order valence-electron chi connectivity index (χ1n) is 5.97. The number of ether oxygens (including phenoxy) is 2. The molecule has 0 N–H and O–H groups in total. The summed E-state index contributed by atoms with van der Waals surface area (Å²) in [5.74, 6) is -1.16. The van der Waals surface area contributed by atoms with Crippen LogP contribution in [0.2, 0.25) is 0 Å². The van der Waals surface area contributed by atoms with Crippen LogP contribution in [0.1, 0.15) is 33.6 Å². The van der Waals surface area contributed by atoms with Crippen molar-refractivity contribution < 1.29 is 19.1 Å². The van der Waals surface area contributed by atoms with Gasteiger partial charge in [-0.25, -0.2) is 0 Å². The summed E-state index contributed by atoms with van der Waals surface area (Å²) in [6.07, 6.45) is 2.26. The SMILES string of the molecule is C=CC[C@@]1(C(C)C)OC(=O)C[C@H]1C(=O)OCC. The average Bonchev–Trinajstić information content (AvgIpc) is 2.58. The molecule has 4 nitrogen and oxygen atoms in total.